The van der Waals surface area contributed by atoms with Crippen LogP contribution in [0.25, 0.3) is 0 Å². The van der Waals surface area contributed by atoms with Crippen LogP contribution in [-0.2, 0) is 25.6 Å². The van der Waals surface area contributed by atoms with Gasteiger partial charge in [0.2, 0.25) is 0 Å². The van der Waals surface area contributed by atoms with Gasteiger partial charge in [-0.3, -0.25) is 14.5 Å². The lowest BCUT2D eigenvalue weighted by Crippen LogP contribution is -2.30. The number of esters is 2. The lowest BCUT2D eigenvalue weighted by Gasteiger charge is -2.15. The van der Waals surface area contributed by atoms with Crippen molar-refractivity contribution in [2.75, 3.05) is 27.3 Å². The molecule has 1 aromatic carbocycles. The first-order chi connectivity index (χ1) is 9.65. The average molecular weight is 277 g/mol. The molecule has 5 nitrogen and oxygen atoms in total. The van der Waals surface area contributed by atoms with E-state index < -0.39 is 11.8 Å². The number of hydrogen-bond acceptors (Lipinski definition) is 5. The van der Waals surface area contributed by atoms with Gasteiger partial charge in [-0.25, -0.2) is 0 Å². The minimum atomic E-state index is -0.448. The molecule has 0 spiro atoms. The second kappa shape index (κ2) is 6.52. The maximum atomic E-state index is 11.8. The number of rotatable bonds is 4. The molecule has 1 fully saturated rings. The Kier molecular flexibility index (Phi) is 4.74. The Bertz CT molecular complexity index is 450. The minimum absolute atomic E-state index is 0.351. The SMILES string of the molecule is COC(=O)[C@@H]1CN(Cc2ccccc2)C[C@H]1C(=O)OC. The summed E-state index contributed by atoms with van der Waals surface area (Å²) >= 11 is 0. The van der Waals surface area contributed by atoms with Crippen molar-refractivity contribution in [2.24, 2.45) is 11.8 Å². The van der Waals surface area contributed by atoms with Crippen LogP contribution in [0.5, 0.6) is 0 Å². The Morgan fingerprint density at radius 2 is 1.55 bits per heavy atom. The second-order valence-corrected chi connectivity index (χ2v) is 4.94. The number of nitrogens with zero attached hydrogens (tertiary/aromatic N) is 1. The summed E-state index contributed by atoms with van der Waals surface area (Å²) < 4.78 is 9.57. The van der Waals surface area contributed by atoms with Crippen LogP contribution in [0.15, 0.2) is 30.3 Å². The minimum Gasteiger partial charge on any atom is -0.469 e. The van der Waals surface area contributed by atoms with Gasteiger partial charge in [0, 0.05) is 19.6 Å². The van der Waals surface area contributed by atoms with Crippen LogP contribution in [0.3, 0.4) is 0 Å². The van der Waals surface area contributed by atoms with Crippen molar-refractivity contribution in [1.29, 1.82) is 0 Å². The number of hydrogen-bond donors (Lipinski definition) is 0. The van der Waals surface area contributed by atoms with E-state index in [-0.39, 0.29) is 11.9 Å². The van der Waals surface area contributed by atoms with Crippen LogP contribution in [0, 0.1) is 11.8 Å². The van der Waals surface area contributed by atoms with Crippen LogP contribution >= 0.6 is 0 Å². The molecule has 1 aromatic rings. The van der Waals surface area contributed by atoms with Gasteiger partial charge in [-0.05, 0) is 5.56 Å². The van der Waals surface area contributed by atoms with E-state index in [9.17, 15) is 9.59 Å². The van der Waals surface area contributed by atoms with Gasteiger partial charge in [-0.15, -0.1) is 0 Å². The molecule has 0 saturated carbocycles. The normalized spacial score (nSPS) is 22.5. The summed E-state index contributed by atoms with van der Waals surface area (Å²) in [5.41, 5.74) is 1.15. The molecule has 0 radical (unpaired) electrons. The van der Waals surface area contributed by atoms with Gasteiger partial charge in [0.15, 0.2) is 0 Å². The Morgan fingerprint density at radius 1 is 1.05 bits per heavy atom. The van der Waals surface area contributed by atoms with Crippen molar-refractivity contribution in [2.45, 2.75) is 6.54 Å². The number of likely N-dealkylation sites (tertiary alicyclic amines) is 1. The number of carbonyl (C=O) groups excluding carboxylic acids is 2. The van der Waals surface area contributed by atoms with E-state index in [1.807, 2.05) is 30.3 Å². The fourth-order valence-electron chi connectivity index (χ4n) is 2.64. The first kappa shape index (κ1) is 14.5. The Balaban J connectivity index is 2.07. The third-order valence-corrected chi connectivity index (χ3v) is 3.65. The highest BCUT2D eigenvalue weighted by atomic mass is 16.5. The van der Waals surface area contributed by atoms with Crippen molar-refractivity contribution in [1.82, 2.24) is 4.90 Å². The van der Waals surface area contributed by atoms with Crippen LogP contribution in [-0.4, -0.2) is 44.1 Å². The number of methoxy groups -OCH3 is 2. The summed E-state index contributed by atoms with van der Waals surface area (Å²) in [6, 6.07) is 9.96. The second-order valence-electron chi connectivity index (χ2n) is 4.94. The summed E-state index contributed by atoms with van der Waals surface area (Å²) in [6.07, 6.45) is 0. The van der Waals surface area contributed by atoms with E-state index in [4.69, 9.17) is 9.47 Å². The molecule has 0 bridgehead atoms. The zero-order chi connectivity index (χ0) is 14.5. The van der Waals surface area contributed by atoms with Crippen molar-refractivity contribution in [3.8, 4) is 0 Å². The molecule has 20 heavy (non-hydrogen) atoms. The largest absolute Gasteiger partial charge is 0.469 e. The highest BCUT2D eigenvalue weighted by Crippen LogP contribution is 2.27. The molecule has 108 valence electrons. The Morgan fingerprint density at radius 3 is 2.00 bits per heavy atom. The Labute approximate surface area is 118 Å². The van der Waals surface area contributed by atoms with Crippen molar-refractivity contribution in [3.05, 3.63) is 35.9 Å². The molecule has 0 aliphatic carbocycles. The van der Waals surface area contributed by atoms with Crippen molar-refractivity contribution in [3.63, 3.8) is 0 Å². The summed E-state index contributed by atoms with van der Waals surface area (Å²) in [5.74, 6) is -1.60. The Hall–Kier alpha value is -1.88. The standard InChI is InChI=1S/C15H19NO4/c1-19-14(17)12-9-16(10-13(12)15(18)20-2)8-11-6-4-3-5-7-11/h3-7,12-13H,8-10H2,1-2H3/t12-,13-/m1/s1. The maximum absolute atomic E-state index is 11.8. The topological polar surface area (TPSA) is 55.8 Å². The van der Waals surface area contributed by atoms with E-state index in [1.165, 1.54) is 14.2 Å². The molecule has 1 heterocycles. The van der Waals surface area contributed by atoms with E-state index >= 15 is 0 Å². The molecular weight excluding hydrogens is 258 g/mol. The molecule has 1 saturated heterocycles. The predicted octanol–water partition coefficient (Wildman–Crippen LogP) is 1.08. The summed E-state index contributed by atoms with van der Waals surface area (Å²) in [6.45, 7) is 1.74. The average Bonchev–Trinajstić information content (AvgIpc) is 2.90. The van der Waals surface area contributed by atoms with E-state index in [0.717, 1.165) is 5.56 Å². The van der Waals surface area contributed by atoms with Crippen molar-refractivity contribution >= 4 is 11.9 Å². The zero-order valence-electron chi connectivity index (χ0n) is 11.7. The van der Waals surface area contributed by atoms with Gasteiger partial charge in [-0.1, -0.05) is 30.3 Å². The third-order valence-electron chi connectivity index (χ3n) is 3.65. The summed E-state index contributed by atoms with van der Waals surface area (Å²) in [4.78, 5) is 25.7. The lowest BCUT2D eigenvalue weighted by atomic mass is 9.96. The van der Waals surface area contributed by atoms with E-state index in [1.54, 1.807) is 0 Å². The molecule has 0 unspecified atom stereocenters. The summed E-state index contributed by atoms with van der Waals surface area (Å²) in [7, 11) is 2.69. The van der Waals surface area contributed by atoms with E-state index in [0.29, 0.717) is 19.6 Å². The van der Waals surface area contributed by atoms with Crippen LogP contribution in [0.2, 0.25) is 0 Å². The van der Waals surface area contributed by atoms with E-state index in [2.05, 4.69) is 4.90 Å². The van der Waals surface area contributed by atoms with Gasteiger partial charge in [0.25, 0.3) is 0 Å². The number of ether oxygens (including phenoxy) is 2. The first-order valence-corrected chi connectivity index (χ1v) is 6.57. The van der Waals surface area contributed by atoms with Crippen LogP contribution in [0.1, 0.15) is 5.56 Å². The number of carbonyl (C=O) groups is 2. The molecule has 0 N–H and O–H groups in total. The van der Waals surface area contributed by atoms with Gasteiger partial charge < -0.3 is 9.47 Å². The fraction of sp³-hybridized carbons (Fsp3) is 0.467. The molecule has 2 atom stereocenters. The lowest BCUT2D eigenvalue weighted by molar-refractivity contribution is -0.155. The van der Waals surface area contributed by atoms with Gasteiger partial charge >= 0.3 is 11.9 Å². The highest BCUT2D eigenvalue weighted by Gasteiger charge is 2.43. The van der Waals surface area contributed by atoms with Crippen LogP contribution < -0.4 is 0 Å². The summed E-state index contributed by atoms with van der Waals surface area (Å²) in [5, 5.41) is 0. The molecule has 1 aliphatic heterocycles. The smallest absolute Gasteiger partial charge is 0.310 e. The molecule has 0 amide bonds. The molecular formula is C15H19NO4. The van der Waals surface area contributed by atoms with Crippen LogP contribution in [0.4, 0.5) is 0 Å². The molecule has 0 aromatic heterocycles. The van der Waals surface area contributed by atoms with Gasteiger partial charge in [0.05, 0.1) is 26.1 Å². The number of benzene rings is 1. The van der Waals surface area contributed by atoms with Gasteiger partial charge in [-0.2, -0.15) is 0 Å². The monoisotopic (exact) mass is 277 g/mol. The van der Waals surface area contributed by atoms with Crippen molar-refractivity contribution < 1.29 is 19.1 Å². The third kappa shape index (κ3) is 3.17. The molecule has 1 aliphatic rings. The molecule has 5 heteroatoms. The zero-order valence-corrected chi connectivity index (χ0v) is 11.7. The first-order valence-electron chi connectivity index (χ1n) is 6.57. The van der Waals surface area contributed by atoms with Gasteiger partial charge in [0.1, 0.15) is 0 Å². The predicted molar refractivity (Wildman–Crippen MR) is 72.7 cm³/mol. The fourth-order valence-corrected chi connectivity index (χ4v) is 2.64. The maximum Gasteiger partial charge on any atom is 0.310 e. The molecule has 2 rings (SSSR count). The highest BCUT2D eigenvalue weighted by molar-refractivity contribution is 5.83. The quantitative estimate of drug-likeness (QED) is 0.771.